The molecule has 3 nitrogen and oxygen atoms in total. The molecule has 1 N–H and O–H groups in total. The summed E-state index contributed by atoms with van der Waals surface area (Å²) in [5.74, 6) is -0.484. The monoisotopic (exact) mass is 259 g/mol. The van der Waals surface area contributed by atoms with E-state index in [1.54, 1.807) is 0 Å². The normalized spacial score (nSPS) is 12.0. The molecule has 0 amide bonds. The molecule has 0 atom stereocenters. The topological polar surface area (TPSA) is 46.2 Å². The van der Waals surface area contributed by atoms with Gasteiger partial charge in [-0.15, -0.1) is 0 Å². The Kier molecular flexibility index (Phi) is 5.08. The minimum Gasteiger partial charge on any atom is -0.314 e. The van der Waals surface area contributed by atoms with E-state index in [0.29, 0.717) is 19.0 Å². The van der Waals surface area contributed by atoms with Gasteiger partial charge in [0.25, 0.3) is 0 Å². The Morgan fingerprint density at radius 1 is 1.35 bits per heavy atom. The standard InChI is InChI=1S/C12H18FNO2S/c1-10(2)14-7-4-8-17(15,16)12-6-3-5-11(13)9-12/h3,5-6,9-10,14H,4,7-8H2,1-2H3. The lowest BCUT2D eigenvalue weighted by atomic mass is 10.3. The van der Waals surface area contributed by atoms with Crippen LogP contribution >= 0.6 is 0 Å². The Morgan fingerprint density at radius 3 is 2.65 bits per heavy atom. The molecule has 0 unspecified atom stereocenters. The molecule has 0 radical (unpaired) electrons. The van der Waals surface area contributed by atoms with Gasteiger partial charge in [-0.3, -0.25) is 0 Å². The van der Waals surface area contributed by atoms with E-state index in [1.807, 2.05) is 13.8 Å². The second kappa shape index (κ2) is 6.12. The third-order valence-electron chi connectivity index (χ3n) is 2.30. The van der Waals surface area contributed by atoms with Gasteiger partial charge in [0.05, 0.1) is 10.6 Å². The van der Waals surface area contributed by atoms with Crippen LogP contribution in [0.1, 0.15) is 20.3 Å². The van der Waals surface area contributed by atoms with Gasteiger partial charge >= 0.3 is 0 Å². The predicted octanol–water partition coefficient (Wildman–Crippen LogP) is 1.99. The van der Waals surface area contributed by atoms with Crippen molar-refractivity contribution in [3.05, 3.63) is 30.1 Å². The lowest BCUT2D eigenvalue weighted by Gasteiger charge is -2.08. The molecule has 0 aliphatic rings. The second-order valence-electron chi connectivity index (χ2n) is 4.24. The summed E-state index contributed by atoms with van der Waals surface area (Å²) in [6, 6.07) is 5.47. The molecule has 0 aliphatic carbocycles. The van der Waals surface area contributed by atoms with Crippen LogP contribution in [0.2, 0.25) is 0 Å². The number of nitrogens with one attached hydrogen (secondary N) is 1. The highest BCUT2D eigenvalue weighted by Gasteiger charge is 2.14. The fourth-order valence-electron chi connectivity index (χ4n) is 1.43. The molecule has 0 aliphatic heterocycles. The van der Waals surface area contributed by atoms with Gasteiger partial charge in [-0.2, -0.15) is 0 Å². The van der Waals surface area contributed by atoms with Gasteiger partial charge in [0.15, 0.2) is 9.84 Å². The fraction of sp³-hybridized carbons (Fsp3) is 0.500. The van der Waals surface area contributed by atoms with Crippen molar-refractivity contribution in [1.29, 1.82) is 0 Å². The maximum atomic E-state index is 12.9. The van der Waals surface area contributed by atoms with Crippen LogP contribution in [0.15, 0.2) is 29.2 Å². The molecule has 1 rings (SSSR count). The summed E-state index contributed by atoms with van der Waals surface area (Å²) in [7, 11) is -3.36. The summed E-state index contributed by atoms with van der Waals surface area (Å²) in [6.07, 6.45) is 0.525. The molecule has 1 aromatic rings. The van der Waals surface area contributed by atoms with E-state index < -0.39 is 15.7 Å². The van der Waals surface area contributed by atoms with Crippen LogP contribution in [0.3, 0.4) is 0 Å². The summed E-state index contributed by atoms with van der Waals surface area (Å²) < 4.78 is 36.6. The maximum absolute atomic E-state index is 12.9. The highest BCUT2D eigenvalue weighted by atomic mass is 32.2. The molecular weight excluding hydrogens is 241 g/mol. The first-order valence-electron chi connectivity index (χ1n) is 5.63. The van der Waals surface area contributed by atoms with Crippen LogP contribution in [0, 0.1) is 5.82 Å². The summed E-state index contributed by atoms with van der Waals surface area (Å²) >= 11 is 0. The Labute approximate surface area is 102 Å². The first-order chi connectivity index (χ1) is 7.92. The van der Waals surface area contributed by atoms with Gasteiger partial charge in [-0.25, -0.2) is 12.8 Å². The molecule has 17 heavy (non-hydrogen) atoms. The zero-order valence-electron chi connectivity index (χ0n) is 10.1. The van der Waals surface area contributed by atoms with Crippen molar-refractivity contribution in [3.63, 3.8) is 0 Å². The van der Waals surface area contributed by atoms with Gasteiger partial charge in [0, 0.05) is 6.04 Å². The van der Waals surface area contributed by atoms with Crippen LogP contribution in [0.25, 0.3) is 0 Å². The largest absolute Gasteiger partial charge is 0.314 e. The predicted molar refractivity (Wildman–Crippen MR) is 66.2 cm³/mol. The number of halogens is 1. The molecule has 1 aromatic carbocycles. The van der Waals surface area contributed by atoms with Crippen molar-refractivity contribution in [1.82, 2.24) is 5.32 Å². The van der Waals surface area contributed by atoms with Crippen molar-refractivity contribution in [2.24, 2.45) is 0 Å². The van der Waals surface area contributed by atoms with E-state index in [2.05, 4.69) is 5.32 Å². The summed E-state index contributed by atoms with van der Waals surface area (Å²) in [5.41, 5.74) is 0. The van der Waals surface area contributed by atoms with E-state index in [-0.39, 0.29) is 10.6 Å². The first kappa shape index (κ1) is 14.1. The molecular formula is C12H18FNO2S. The number of rotatable bonds is 6. The zero-order valence-corrected chi connectivity index (χ0v) is 10.9. The quantitative estimate of drug-likeness (QED) is 0.795. The molecule has 0 saturated heterocycles. The fourth-order valence-corrected chi connectivity index (χ4v) is 2.77. The molecule has 0 aromatic heterocycles. The summed E-state index contributed by atoms with van der Waals surface area (Å²) in [5, 5.41) is 3.14. The van der Waals surface area contributed by atoms with Crippen molar-refractivity contribution >= 4 is 9.84 Å². The Balaban J connectivity index is 2.57. The van der Waals surface area contributed by atoms with Crippen molar-refractivity contribution in [2.45, 2.75) is 31.2 Å². The van der Waals surface area contributed by atoms with Gasteiger partial charge < -0.3 is 5.32 Å². The zero-order chi connectivity index (χ0) is 12.9. The van der Waals surface area contributed by atoms with E-state index in [9.17, 15) is 12.8 Å². The van der Waals surface area contributed by atoms with Gasteiger partial charge in [0.1, 0.15) is 5.82 Å². The van der Waals surface area contributed by atoms with Crippen molar-refractivity contribution in [3.8, 4) is 0 Å². The third kappa shape index (κ3) is 4.83. The lowest BCUT2D eigenvalue weighted by molar-refractivity contribution is 0.567. The highest BCUT2D eigenvalue weighted by Crippen LogP contribution is 2.13. The minimum absolute atomic E-state index is 0.0379. The molecule has 0 spiro atoms. The van der Waals surface area contributed by atoms with Crippen molar-refractivity contribution in [2.75, 3.05) is 12.3 Å². The third-order valence-corrected chi connectivity index (χ3v) is 4.10. The molecule has 5 heteroatoms. The number of hydrogen-bond donors (Lipinski definition) is 1. The van der Waals surface area contributed by atoms with E-state index >= 15 is 0 Å². The van der Waals surface area contributed by atoms with Crippen LogP contribution in [-0.4, -0.2) is 26.8 Å². The highest BCUT2D eigenvalue weighted by molar-refractivity contribution is 7.91. The van der Waals surface area contributed by atoms with Gasteiger partial charge in [-0.1, -0.05) is 19.9 Å². The molecule has 0 fully saturated rings. The lowest BCUT2D eigenvalue weighted by Crippen LogP contribution is -2.25. The van der Waals surface area contributed by atoms with Crippen LogP contribution in [0.5, 0.6) is 0 Å². The average molecular weight is 259 g/mol. The minimum atomic E-state index is -3.36. The van der Waals surface area contributed by atoms with Crippen LogP contribution in [-0.2, 0) is 9.84 Å². The summed E-state index contributed by atoms with van der Waals surface area (Å²) in [4.78, 5) is 0.0575. The second-order valence-corrected chi connectivity index (χ2v) is 6.35. The molecule has 0 bridgehead atoms. The van der Waals surface area contributed by atoms with E-state index in [1.165, 1.54) is 18.2 Å². The SMILES string of the molecule is CC(C)NCCCS(=O)(=O)c1cccc(F)c1. The number of sulfone groups is 1. The van der Waals surface area contributed by atoms with Crippen LogP contribution < -0.4 is 5.32 Å². The molecule has 0 heterocycles. The first-order valence-corrected chi connectivity index (χ1v) is 7.29. The van der Waals surface area contributed by atoms with E-state index in [0.717, 1.165) is 6.07 Å². The number of hydrogen-bond acceptors (Lipinski definition) is 3. The Hall–Kier alpha value is -0.940. The molecule has 96 valence electrons. The van der Waals surface area contributed by atoms with Gasteiger partial charge in [0.2, 0.25) is 0 Å². The van der Waals surface area contributed by atoms with E-state index in [4.69, 9.17) is 0 Å². The van der Waals surface area contributed by atoms with Crippen molar-refractivity contribution < 1.29 is 12.8 Å². The summed E-state index contributed by atoms with van der Waals surface area (Å²) in [6.45, 7) is 4.65. The average Bonchev–Trinajstić information content (AvgIpc) is 2.24. The van der Waals surface area contributed by atoms with Crippen LogP contribution in [0.4, 0.5) is 4.39 Å². The Bertz CT molecular complexity index is 457. The van der Waals surface area contributed by atoms with Gasteiger partial charge in [-0.05, 0) is 31.2 Å². The smallest absolute Gasteiger partial charge is 0.178 e. The Morgan fingerprint density at radius 2 is 2.06 bits per heavy atom. The maximum Gasteiger partial charge on any atom is 0.178 e. The number of benzene rings is 1. The molecule has 0 saturated carbocycles.